The van der Waals surface area contributed by atoms with E-state index in [1.165, 1.54) is 4.90 Å². The summed E-state index contributed by atoms with van der Waals surface area (Å²) in [4.78, 5) is 30.0. The first-order valence-corrected chi connectivity index (χ1v) is 9.53. The molecule has 4 rings (SSSR count). The van der Waals surface area contributed by atoms with Crippen molar-refractivity contribution in [2.75, 3.05) is 16.8 Å². The first-order chi connectivity index (χ1) is 14.0. The lowest BCUT2D eigenvalue weighted by molar-refractivity contribution is -0.120. The summed E-state index contributed by atoms with van der Waals surface area (Å²) in [5, 5.41) is 0. The van der Waals surface area contributed by atoms with E-state index >= 15 is 0 Å². The monoisotopic (exact) mass is 382 g/mol. The molecule has 0 N–H and O–H groups in total. The van der Waals surface area contributed by atoms with Crippen LogP contribution in [0.2, 0.25) is 0 Å². The Labute approximate surface area is 170 Å². The number of likely N-dealkylation sites (N-methyl/N-ethyl adjacent to an activating group) is 1. The molecule has 1 aliphatic heterocycles. The van der Waals surface area contributed by atoms with Gasteiger partial charge >= 0.3 is 0 Å². The molecule has 0 bridgehead atoms. The van der Waals surface area contributed by atoms with Gasteiger partial charge in [0.15, 0.2) is 0 Å². The molecule has 0 radical (unpaired) electrons. The number of hydrogen-bond donors (Lipinski definition) is 0. The second-order valence-electron chi connectivity index (χ2n) is 7.20. The highest BCUT2D eigenvalue weighted by atomic mass is 16.2. The van der Waals surface area contributed by atoms with Crippen molar-refractivity contribution < 1.29 is 9.59 Å². The van der Waals surface area contributed by atoms with Gasteiger partial charge in [0, 0.05) is 12.7 Å². The van der Waals surface area contributed by atoms with Gasteiger partial charge in [-0.2, -0.15) is 0 Å². The minimum Gasteiger partial charge on any atom is -0.339 e. The number of imide groups is 1. The number of rotatable bonds is 4. The number of aryl methyl sites for hydroxylation is 2. The fourth-order valence-corrected chi connectivity index (χ4v) is 3.58. The molecule has 0 aliphatic carbocycles. The smallest absolute Gasteiger partial charge is 0.282 e. The Balaban J connectivity index is 1.90. The molecule has 1 aliphatic rings. The third kappa shape index (κ3) is 3.23. The van der Waals surface area contributed by atoms with Gasteiger partial charge in [-0.15, -0.1) is 0 Å². The lowest BCUT2D eigenvalue weighted by Crippen LogP contribution is -2.34. The number of benzene rings is 3. The van der Waals surface area contributed by atoms with Crippen molar-refractivity contribution in [1.29, 1.82) is 0 Å². The van der Waals surface area contributed by atoms with Crippen molar-refractivity contribution in [2.45, 2.75) is 13.8 Å². The van der Waals surface area contributed by atoms with Gasteiger partial charge in [-0.3, -0.25) is 9.59 Å². The molecule has 29 heavy (non-hydrogen) atoms. The maximum atomic E-state index is 13.5. The summed E-state index contributed by atoms with van der Waals surface area (Å²) >= 11 is 0. The average Bonchev–Trinajstić information content (AvgIpc) is 3.01. The van der Waals surface area contributed by atoms with E-state index < -0.39 is 0 Å². The van der Waals surface area contributed by atoms with Gasteiger partial charge in [-0.25, -0.2) is 4.90 Å². The van der Waals surface area contributed by atoms with Crippen molar-refractivity contribution >= 4 is 28.8 Å². The summed E-state index contributed by atoms with van der Waals surface area (Å²) in [5.74, 6) is -0.622. The van der Waals surface area contributed by atoms with E-state index in [0.29, 0.717) is 17.0 Å². The number of para-hydroxylation sites is 2. The SMILES string of the molecule is Cc1ccc(C2=C(N(C)c3ccccc3)C(=O)N(c3ccccc3)C2=O)cc1C. The lowest BCUT2D eigenvalue weighted by Gasteiger charge is -2.21. The minimum absolute atomic E-state index is 0.303. The van der Waals surface area contributed by atoms with Gasteiger partial charge < -0.3 is 4.90 Å². The number of nitrogens with zero attached hydrogens (tertiary/aromatic N) is 2. The van der Waals surface area contributed by atoms with Crippen molar-refractivity contribution in [1.82, 2.24) is 0 Å². The molecular weight excluding hydrogens is 360 g/mol. The largest absolute Gasteiger partial charge is 0.339 e. The summed E-state index contributed by atoms with van der Waals surface area (Å²) in [6, 6.07) is 24.5. The van der Waals surface area contributed by atoms with Crippen LogP contribution in [-0.4, -0.2) is 18.9 Å². The van der Waals surface area contributed by atoms with Gasteiger partial charge in [-0.1, -0.05) is 54.6 Å². The molecule has 0 unspecified atom stereocenters. The number of anilines is 2. The fraction of sp³-hybridized carbons (Fsp3) is 0.120. The zero-order chi connectivity index (χ0) is 20.5. The van der Waals surface area contributed by atoms with Crippen LogP contribution in [0.4, 0.5) is 11.4 Å². The maximum absolute atomic E-state index is 13.5. The van der Waals surface area contributed by atoms with Crippen LogP contribution in [0.1, 0.15) is 16.7 Å². The molecule has 0 saturated carbocycles. The summed E-state index contributed by atoms with van der Waals surface area (Å²) in [6.45, 7) is 4.04. The molecule has 3 aromatic rings. The second kappa shape index (κ2) is 7.40. The quantitative estimate of drug-likeness (QED) is 0.613. The summed E-state index contributed by atoms with van der Waals surface area (Å²) in [6.07, 6.45) is 0. The van der Waals surface area contributed by atoms with Crippen molar-refractivity contribution in [3.8, 4) is 0 Å². The predicted octanol–water partition coefficient (Wildman–Crippen LogP) is 4.72. The molecule has 144 valence electrons. The zero-order valence-electron chi connectivity index (χ0n) is 16.7. The van der Waals surface area contributed by atoms with Gasteiger partial charge in [0.25, 0.3) is 11.8 Å². The summed E-state index contributed by atoms with van der Waals surface area (Å²) < 4.78 is 0. The maximum Gasteiger partial charge on any atom is 0.282 e. The topological polar surface area (TPSA) is 40.6 Å². The predicted molar refractivity (Wildman–Crippen MR) is 117 cm³/mol. The highest BCUT2D eigenvalue weighted by Crippen LogP contribution is 2.36. The molecular formula is C25H22N2O2. The number of hydrogen-bond acceptors (Lipinski definition) is 3. The number of carbonyl (C=O) groups is 2. The van der Waals surface area contributed by atoms with E-state index in [0.717, 1.165) is 22.4 Å². The molecule has 0 atom stereocenters. The standard InChI is InChI=1S/C25H22N2O2/c1-17-14-15-19(16-18(17)2)22-23(26(3)20-10-6-4-7-11-20)25(29)27(24(22)28)21-12-8-5-9-13-21/h4-16H,1-3H3. The van der Waals surface area contributed by atoms with E-state index in [9.17, 15) is 9.59 Å². The molecule has 1 heterocycles. The second-order valence-corrected chi connectivity index (χ2v) is 7.20. The Morgan fingerprint density at radius 2 is 1.34 bits per heavy atom. The molecule has 0 aromatic heterocycles. The van der Waals surface area contributed by atoms with Crippen LogP contribution in [0, 0.1) is 13.8 Å². The van der Waals surface area contributed by atoms with Crippen LogP contribution < -0.4 is 9.80 Å². The third-order valence-electron chi connectivity index (χ3n) is 5.35. The van der Waals surface area contributed by atoms with Gasteiger partial charge in [-0.05, 0) is 54.8 Å². The van der Waals surface area contributed by atoms with Gasteiger partial charge in [0.1, 0.15) is 5.70 Å². The van der Waals surface area contributed by atoms with Crippen molar-refractivity contribution in [3.05, 3.63) is 101 Å². The van der Waals surface area contributed by atoms with E-state index in [1.54, 1.807) is 17.0 Å². The van der Waals surface area contributed by atoms with E-state index in [-0.39, 0.29) is 11.8 Å². The third-order valence-corrected chi connectivity index (χ3v) is 5.35. The fourth-order valence-electron chi connectivity index (χ4n) is 3.58. The lowest BCUT2D eigenvalue weighted by atomic mass is 9.99. The molecule has 0 fully saturated rings. The normalized spacial score (nSPS) is 14.0. The van der Waals surface area contributed by atoms with Gasteiger partial charge in [0.05, 0.1) is 11.3 Å². The minimum atomic E-state index is -0.319. The first-order valence-electron chi connectivity index (χ1n) is 9.53. The van der Waals surface area contributed by atoms with Crippen LogP contribution in [0.5, 0.6) is 0 Å². The van der Waals surface area contributed by atoms with E-state index in [2.05, 4.69) is 0 Å². The Hall–Kier alpha value is -3.66. The van der Waals surface area contributed by atoms with Crippen molar-refractivity contribution in [2.24, 2.45) is 0 Å². The molecule has 4 heteroatoms. The zero-order valence-corrected chi connectivity index (χ0v) is 16.7. The van der Waals surface area contributed by atoms with E-state index in [4.69, 9.17) is 0 Å². The molecule has 4 nitrogen and oxygen atoms in total. The van der Waals surface area contributed by atoms with E-state index in [1.807, 2.05) is 87.6 Å². The Kier molecular flexibility index (Phi) is 4.77. The number of carbonyl (C=O) groups excluding carboxylic acids is 2. The van der Waals surface area contributed by atoms with Crippen molar-refractivity contribution in [3.63, 3.8) is 0 Å². The Morgan fingerprint density at radius 1 is 0.724 bits per heavy atom. The Bertz CT molecular complexity index is 1120. The summed E-state index contributed by atoms with van der Waals surface area (Å²) in [5.41, 5.74) is 5.20. The van der Waals surface area contributed by atoms with Crippen LogP contribution >= 0.6 is 0 Å². The average molecular weight is 382 g/mol. The van der Waals surface area contributed by atoms with Crippen LogP contribution in [0.15, 0.2) is 84.6 Å². The molecule has 0 spiro atoms. The van der Waals surface area contributed by atoms with Crippen LogP contribution in [0.25, 0.3) is 5.57 Å². The molecule has 2 amide bonds. The van der Waals surface area contributed by atoms with Gasteiger partial charge in [0.2, 0.25) is 0 Å². The first kappa shape index (κ1) is 18.7. The highest BCUT2D eigenvalue weighted by molar-refractivity contribution is 6.46. The Morgan fingerprint density at radius 3 is 1.97 bits per heavy atom. The molecule has 3 aromatic carbocycles. The summed E-state index contributed by atoms with van der Waals surface area (Å²) in [7, 11) is 1.82. The number of amides is 2. The van der Waals surface area contributed by atoms with Crippen LogP contribution in [0.3, 0.4) is 0 Å². The molecule has 0 saturated heterocycles. The highest BCUT2D eigenvalue weighted by Gasteiger charge is 2.42. The van der Waals surface area contributed by atoms with Crippen LogP contribution in [-0.2, 0) is 9.59 Å².